The van der Waals surface area contributed by atoms with Crippen molar-refractivity contribution in [2.75, 3.05) is 79.5 Å². The van der Waals surface area contributed by atoms with Crippen LogP contribution >= 0.6 is 0 Å². The average molecular weight is 247 g/mol. The summed E-state index contributed by atoms with van der Waals surface area (Å²) in [5.74, 6) is 0. The Labute approximate surface area is 109 Å². The van der Waals surface area contributed by atoms with Crippen molar-refractivity contribution in [1.29, 1.82) is 0 Å². The van der Waals surface area contributed by atoms with E-state index in [0.29, 0.717) is 0 Å². The highest BCUT2D eigenvalue weighted by molar-refractivity contribution is 4.69. The van der Waals surface area contributed by atoms with Gasteiger partial charge in [0.05, 0.1) is 0 Å². The quantitative estimate of drug-likeness (QED) is 0.462. The Hall–Kier alpha value is -0.200. The molecule has 0 amide bonds. The van der Waals surface area contributed by atoms with E-state index >= 15 is 0 Å². The fourth-order valence-corrected chi connectivity index (χ4v) is 1.95. The fraction of sp³-hybridized carbons (Fsp3) is 1.00. The van der Waals surface area contributed by atoms with Crippen molar-refractivity contribution < 1.29 is 2.85 Å². The Morgan fingerprint density at radius 1 is 0.882 bits per heavy atom. The molecule has 0 spiro atoms. The van der Waals surface area contributed by atoms with Gasteiger partial charge in [-0.1, -0.05) is 0 Å². The van der Waals surface area contributed by atoms with Gasteiger partial charge in [-0.25, -0.2) is 0 Å². The zero-order chi connectivity index (χ0) is 12.3. The predicted octanol–water partition coefficient (Wildman–Crippen LogP) is -0.876. The first-order valence-electron chi connectivity index (χ1n) is 6.80. The molecule has 1 heterocycles. The van der Waals surface area contributed by atoms with Gasteiger partial charge in [-0.3, -0.25) is 4.90 Å². The fourth-order valence-electron chi connectivity index (χ4n) is 1.95. The molecule has 1 saturated heterocycles. The number of rotatable bonds is 9. The van der Waals surface area contributed by atoms with Crippen LogP contribution in [-0.2, 0) is 0 Å². The zero-order valence-electron chi connectivity index (χ0n) is 11.5. The monoisotopic (exact) mass is 247 g/mol. The van der Waals surface area contributed by atoms with Crippen LogP contribution in [0, 0.1) is 0 Å². The summed E-state index contributed by atoms with van der Waals surface area (Å²) in [6.45, 7) is 11.4. The SMILES string of the molecule is CNCCNCCNCCN1CCN(C)CC1.[HH].[HH]. The maximum atomic E-state index is 3.48. The first kappa shape index (κ1) is 14.9. The summed E-state index contributed by atoms with van der Waals surface area (Å²) in [5.41, 5.74) is 0. The third kappa shape index (κ3) is 7.68. The normalized spacial score (nSPS) is 18.7. The molecule has 5 nitrogen and oxygen atoms in total. The zero-order valence-corrected chi connectivity index (χ0v) is 11.5. The van der Waals surface area contributed by atoms with E-state index in [1.54, 1.807) is 0 Å². The molecule has 17 heavy (non-hydrogen) atoms. The maximum Gasteiger partial charge on any atom is 0.0110 e. The Morgan fingerprint density at radius 2 is 1.47 bits per heavy atom. The van der Waals surface area contributed by atoms with Crippen molar-refractivity contribution in [2.45, 2.75) is 0 Å². The minimum atomic E-state index is 0. The molecule has 0 radical (unpaired) electrons. The molecule has 106 valence electrons. The molecule has 0 bridgehead atoms. The topological polar surface area (TPSA) is 42.6 Å². The molecular formula is C12H33N5. The molecule has 0 aromatic rings. The van der Waals surface area contributed by atoms with E-state index in [4.69, 9.17) is 0 Å². The Kier molecular flexibility index (Phi) is 8.56. The minimum Gasteiger partial charge on any atom is -0.318 e. The second kappa shape index (κ2) is 9.79. The van der Waals surface area contributed by atoms with Gasteiger partial charge in [0.2, 0.25) is 0 Å². The molecule has 0 atom stereocenters. The molecule has 0 aromatic heterocycles. The summed E-state index contributed by atoms with van der Waals surface area (Å²) < 4.78 is 0. The Bertz CT molecular complexity index is 178. The van der Waals surface area contributed by atoms with Crippen LogP contribution in [0.25, 0.3) is 0 Å². The first-order valence-corrected chi connectivity index (χ1v) is 6.80. The van der Waals surface area contributed by atoms with Gasteiger partial charge in [-0.15, -0.1) is 0 Å². The summed E-state index contributed by atoms with van der Waals surface area (Å²) >= 11 is 0. The van der Waals surface area contributed by atoms with Crippen molar-refractivity contribution >= 4 is 0 Å². The van der Waals surface area contributed by atoms with Gasteiger partial charge in [-0.05, 0) is 14.1 Å². The second-order valence-corrected chi connectivity index (χ2v) is 4.75. The highest BCUT2D eigenvalue weighted by Crippen LogP contribution is 1.97. The molecule has 1 aliphatic heterocycles. The van der Waals surface area contributed by atoms with Gasteiger partial charge < -0.3 is 20.9 Å². The lowest BCUT2D eigenvalue weighted by atomic mass is 10.3. The van der Waals surface area contributed by atoms with E-state index in [9.17, 15) is 0 Å². The van der Waals surface area contributed by atoms with E-state index in [1.165, 1.54) is 32.7 Å². The Balaban J connectivity index is 0. The third-order valence-corrected chi connectivity index (χ3v) is 3.23. The van der Waals surface area contributed by atoms with Crippen molar-refractivity contribution in [1.82, 2.24) is 25.8 Å². The summed E-state index contributed by atoms with van der Waals surface area (Å²) in [6.07, 6.45) is 0. The van der Waals surface area contributed by atoms with Gasteiger partial charge in [0.1, 0.15) is 0 Å². The standard InChI is InChI=1S/C12H29N5.2H2/c1-13-3-4-14-5-6-15-7-8-17-11-9-16(2)10-12-17;;/h13-15H,3-12H2,1-2H3;2*1H. The smallest absolute Gasteiger partial charge is 0.0110 e. The van der Waals surface area contributed by atoms with Crippen LogP contribution in [0.2, 0.25) is 0 Å². The van der Waals surface area contributed by atoms with Gasteiger partial charge >= 0.3 is 0 Å². The number of nitrogens with zero attached hydrogens (tertiary/aromatic N) is 2. The largest absolute Gasteiger partial charge is 0.318 e. The number of hydrogen-bond donors (Lipinski definition) is 3. The van der Waals surface area contributed by atoms with Crippen LogP contribution in [0.1, 0.15) is 2.85 Å². The van der Waals surface area contributed by atoms with Crippen LogP contribution in [0.3, 0.4) is 0 Å². The van der Waals surface area contributed by atoms with E-state index < -0.39 is 0 Å². The molecule has 1 fully saturated rings. The lowest BCUT2D eigenvalue weighted by Crippen LogP contribution is -2.46. The van der Waals surface area contributed by atoms with E-state index in [-0.39, 0.29) is 2.85 Å². The summed E-state index contributed by atoms with van der Waals surface area (Å²) in [6, 6.07) is 0. The highest BCUT2D eigenvalue weighted by atomic mass is 15.2. The first-order chi connectivity index (χ1) is 8.33. The summed E-state index contributed by atoms with van der Waals surface area (Å²) in [4.78, 5) is 4.94. The van der Waals surface area contributed by atoms with Gasteiger partial charge in [-0.2, -0.15) is 0 Å². The predicted molar refractivity (Wildman–Crippen MR) is 77.8 cm³/mol. The maximum absolute atomic E-state index is 3.48. The van der Waals surface area contributed by atoms with Crippen molar-refractivity contribution in [3.8, 4) is 0 Å². The van der Waals surface area contributed by atoms with Crippen LogP contribution in [0.15, 0.2) is 0 Å². The molecule has 1 aliphatic rings. The van der Waals surface area contributed by atoms with Gasteiger partial charge in [0.25, 0.3) is 0 Å². The number of hydrogen-bond acceptors (Lipinski definition) is 5. The Morgan fingerprint density at radius 3 is 2.12 bits per heavy atom. The van der Waals surface area contributed by atoms with Crippen molar-refractivity contribution in [3.05, 3.63) is 0 Å². The third-order valence-electron chi connectivity index (χ3n) is 3.23. The van der Waals surface area contributed by atoms with Crippen LogP contribution < -0.4 is 16.0 Å². The molecule has 0 aliphatic carbocycles. The van der Waals surface area contributed by atoms with E-state index in [2.05, 4.69) is 32.8 Å². The molecular weight excluding hydrogens is 214 g/mol. The van der Waals surface area contributed by atoms with Crippen LogP contribution in [0.4, 0.5) is 0 Å². The minimum absolute atomic E-state index is 0. The highest BCUT2D eigenvalue weighted by Gasteiger charge is 2.12. The molecule has 1 rings (SSSR count). The summed E-state index contributed by atoms with van der Waals surface area (Å²) in [5, 5.41) is 9.99. The lowest BCUT2D eigenvalue weighted by molar-refractivity contribution is 0.155. The van der Waals surface area contributed by atoms with Crippen LogP contribution in [-0.4, -0.2) is 89.3 Å². The molecule has 0 unspecified atom stereocenters. The van der Waals surface area contributed by atoms with Crippen LogP contribution in [0.5, 0.6) is 0 Å². The average Bonchev–Trinajstić information content (AvgIpc) is 2.35. The van der Waals surface area contributed by atoms with E-state index in [1.807, 2.05) is 7.05 Å². The molecule has 0 saturated carbocycles. The van der Waals surface area contributed by atoms with Crippen molar-refractivity contribution in [3.63, 3.8) is 0 Å². The lowest BCUT2D eigenvalue weighted by Gasteiger charge is -2.32. The number of piperazine rings is 1. The van der Waals surface area contributed by atoms with Gasteiger partial charge in [0.15, 0.2) is 0 Å². The van der Waals surface area contributed by atoms with Gasteiger partial charge in [0, 0.05) is 68.3 Å². The molecule has 5 heteroatoms. The number of likely N-dealkylation sites (N-methyl/N-ethyl adjacent to an activating group) is 2. The number of nitrogens with one attached hydrogen (secondary N) is 3. The molecule has 0 aromatic carbocycles. The van der Waals surface area contributed by atoms with Crippen molar-refractivity contribution in [2.24, 2.45) is 0 Å². The summed E-state index contributed by atoms with van der Waals surface area (Å²) in [7, 11) is 4.18. The van der Waals surface area contributed by atoms with E-state index in [0.717, 1.165) is 32.7 Å². The second-order valence-electron chi connectivity index (χ2n) is 4.75. The molecule has 3 N–H and O–H groups in total.